The second-order valence-electron chi connectivity index (χ2n) is 8.71. The minimum Gasteiger partial charge on any atom is -0.326 e. The third-order valence-corrected chi connectivity index (χ3v) is 6.33. The van der Waals surface area contributed by atoms with Gasteiger partial charge in [-0.05, 0) is 67.1 Å². The minimum atomic E-state index is -0.0792. The van der Waals surface area contributed by atoms with E-state index in [0.717, 1.165) is 28.9 Å². The maximum absolute atomic E-state index is 12.4. The van der Waals surface area contributed by atoms with Gasteiger partial charge in [-0.15, -0.1) is 0 Å². The molecule has 2 amide bonds. The fourth-order valence-corrected chi connectivity index (χ4v) is 5.04. The largest absolute Gasteiger partial charge is 0.326 e. The van der Waals surface area contributed by atoms with Crippen LogP contribution in [0.3, 0.4) is 0 Å². The number of carbonyl (C=O) groups is 2. The molecule has 30 heavy (non-hydrogen) atoms. The Hall–Kier alpha value is -2.66. The minimum absolute atomic E-state index is 0.0792. The molecule has 2 aromatic rings. The van der Waals surface area contributed by atoms with Crippen molar-refractivity contribution < 1.29 is 9.59 Å². The van der Waals surface area contributed by atoms with Crippen LogP contribution in [0.2, 0.25) is 0 Å². The predicted molar refractivity (Wildman–Crippen MR) is 122 cm³/mol. The second kappa shape index (κ2) is 8.60. The number of fused-ring (bicyclic) bond motifs is 1. The summed E-state index contributed by atoms with van der Waals surface area (Å²) in [4.78, 5) is 25.8. The Morgan fingerprint density at radius 1 is 1.00 bits per heavy atom. The summed E-state index contributed by atoms with van der Waals surface area (Å²) < 4.78 is 0. The molecular weight excluding hydrogens is 374 g/mol. The average Bonchev–Trinajstić information content (AvgIpc) is 3.20. The third kappa shape index (κ3) is 4.26. The first-order valence-electron chi connectivity index (χ1n) is 11.0. The summed E-state index contributed by atoms with van der Waals surface area (Å²) in [7, 11) is 0. The quantitative estimate of drug-likeness (QED) is 0.750. The summed E-state index contributed by atoms with van der Waals surface area (Å²) in [5.74, 6) is 0.00739. The van der Waals surface area contributed by atoms with Gasteiger partial charge in [-0.1, -0.05) is 31.0 Å². The summed E-state index contributed by atoms with van der Waals surface area (Å²) in [5, 5.41) is 6.74. The highest BCUT2D eigenvalue weighted by Gasteiger charge is 2.34. The molecule has 158 valence electrons. The van der Waals surface area contributed by atoms with E-state index in [1.165, 1.54) is 38.2 Å². The predicted octanol–water partition coefficient (Wildman–Crippen LogP) is 5.03. The molecule has 1 fully saturated rings. The zero-order chi connectivity index (χ0) is 21.3. The van der Waals surface area contributed by atoms with E-state index in [2.05, 4.69) is 41.8 Å². The van der Waals surface area contributed by atoms with Crippen LogP contribution in [0, 0.1) is 0 Å². The molecule has 0 bridgehead atoms. The maximum atomic E-state index is 12.4. The van der Waals surface area contributed by atoms with Gasteiger partial charge in [0.05, 0.1) is 0 Å². The second-order valence-corrected chi connectivity index (χ2v) is 8.71. The number of anilines is 2. The highest BCUT2D eigenvalue weighted by molar-refractivity contribution is 5.94. The number of nitrogens with one attached hydrogen (secondary N) is 2. The SMILES string of the molecule is CC(=O)Nc1cccc(-c2ccc3c(c2)[C@H](NC2CCCC2)C[C@H](C)N3C(C)=O)c1. The van der Waals surface area contributed by atoms with Gasteiger partial charge in [0.1, 0.15) is 0 Å². The lowest BCUT2D eigenvalue weighted by atomic mass is 9.88. The fraction of sp³-hybridized carbons (Fsp3) is 0.440. The van der Waals surface area contributed by atoms with Gasteiger partial charge in [-0.2, -0.15) is 0 Å². The van der Waals surface area contributed by atoms with Crippen LogP contribution in [-0.4, -0.2) is 23.9 Å². The Kier molecular flexibility index (Phi) is 5.91. The number of rotatable bonds is 4. The number of carbonyl (C=O) groups excluding carboxylic acids is 2. The molecule has 2 atom stereocenters. The van der Waals surface area contributed by atoms with Crippen LogP contribution < -0.4 is 15.5 Å². The molecule has 5 heteroatoms. The smallest absolute Gasteiger partial charge is 0.224 e. The van der Waals surface area contributed by atoms with Gasteiger partial charge in [0.15, 0.2) is 0 Å². The summed E-state index contributed by atoms with van der Waals surface area (Å²) in [6, 6.07) is 15.3. The van der Waals surface area contributed by atoms with Gasteiger partial charge in [-0.25, -0.2) is 0 Å². The molecule has 1 aliphatic carbocycles. The normalized spacial score (nSPS) is 21.4. The van der Waals surface area contributed by atoms with Crippen molar-refractivity contribution in [1.29, 1.82) is 0 Å². The van der Waals surface area contributed by atoms with E-state index in [-0.39, 0.29) is 23.9 Å². The van der Waals surface area contributed by atoms with Crippen molar-refractivity contribution in [3.8, 4) is 11.1 Å². The Morgan fingerprint density at radius 3 is 2.43 bits per heavy atom. The molecule has 0 saturated heterocycles. The first-order valence-corrected chi connectivity index (χ1v) is 11.0. The van der Waals surface area contributed by atoms with Gasteiger partial charge in [0, 0.05) is 43.3 Å². The molecule has 0 radical (unpaired) electrons. The Labute approximate surface area is 178 Å². The number of nitrogens with zero attached hydrogens (tertiary/aromatic N) is 1. The van der Waals surface area contributed by atoms with Crippen molar-refractivity contribution in [2.75, 3.05) is 10.2 Å². The van der Waals surface area contributed by atoms with Crippen LogP contribution in [0.25, 0.3) is 11.1 Å². The van der Waals surface area contributed by atoms with E-state index in [9.17, 15) is 9.59 Å². The molecule has 1 aliphatic heterocycles. The number of amides is 2. The van der Waals surface area contributed by atoms with Gasteiger partial charge < -0.3 is 15.5 Å². The van der Waals surface area contributed by atoms with Gasteiger partial charge in [0.25, 0.3) is 0 Å². The first kappa shape index (κ1) is 20.6. The lowest BCUT2D eigenvalue weighted by Gasteiger charge is -2.40. The van der Waals surface area contributed by atoms with E-state index in [1.807, 2.05) is 23.1 Å². The Bertz CT molecular complexity index is 949. The first-order chi connectivity index (χ1) is 14.4. The molecule has 4 rings (SSSR count). The number of hydrogen-bond donors (Lipinski definition) is 2. The van der Waals surface area contributed by atoms with Crippen molar-refractivity contribution in [3.05, 3.63) is 48.0 Å². The standard InChI is InChI=1S/C25H31N3O2/c1-16-13-24(27-21-8-4-5-9-21)23-15-20(11-12-25(23)28(16)18(3)30)19-7-6-10-22(14-19)26-17(2)29/h6-7,10-12,14-16,21,24,27H,4-5,8-9,13H2,1-3H3,(H,26,29)/t16-,24+/m0/s1. The Morgan fingerprint density at radius 2 is 1.73 bits per heavy atom. The van der Waals surface area contributed by atoms with E-state index < -0.39 is 0 Å². The molecule has 1 saturated carbocycles. The van der Waals surface area contributed by atoms with E-state index in [1.54, 1.807) is 6.92 Å². The monoisotopic (exact) mass is 405 g/mol. The van der Waals surface area contributed by atoms with Crippen LogP contribution in [0.15, 0.2) is 42.5 Å². The van der Waals surface area contributed by atoms with Crippen LogP contribution in [0.5, 0.6) is 0 Å². The molecule has 2 aromatic carbocycles. The van der Waals surface area contributed by atoms with E-state index in [0.29, 0.717) is 6.04 Å². The van der Waals surface area contributed by atoms with Crippen LogP contribution in [0.4, 0.5) is 11.4 Å². The molecular formula is C25H31N3O2. The highest BCUT2D eigenvalue weighted by Crippen LogP contribution is 2.40. The summed E-state index contributed by atoms with van der Waals surface area (Å²) >= 11 is 0. The number of benzene rings is 2. The zero-order valence-electron chi connectivity index (χ0n) is 18.1. The lowest BCUT2D eigenvalue weighted by Crippen LogP contribution is -2.46. The molecule has 2 aliphatic rings. The summed E-state index contributed by atoms with van der Waals surface area (Å²) in [6.45, 7) is 5.30. The van der Waals surface area contributed by atoms with Crippen molar-refractivity contribution in [3.63, 3.8) is 0 Å². The molecule has 0 unspecified atom stereocenters. The molecule has 0 aromatic heterocycles. The Balaban J connectivity index is 1.72. The molecule has 2 N–H and O–H groups in total. The number of hydrogen-bond acceptors (Lipinski definition) is 3. The van der Waals surface area contributed by atoms with Crippen LogP contribution >= 0.6 is 0 Å². The van der Waals surface area contributed by atoms with Gasteiger partial charge in [-0.3, -0.25) is 9.59 Å². The molecule has 0 spiro atoms. The zero-order valence-corrected chi connectivity index (χ0v) is 18.1. The summed E-state index contributed by atoms with van der Waals surface area (Å²) in [6.07, 6.45) is 5.97. The van der Waals surface area contributed by atoms with Crippen molar-refractivity contribution in [2.24, 2.45) is 0 Å². The topological polar surface area (TPSA) is 61.4 Å². The van der Waals surface area contributed by atoms with Crippen molar-refractivity contribution in [2.45, 2.75) is 71.0 Å². The fourth-order valence-electron chi connectivity index (χ4n) is 5.04. The van der Waals surface area contributed by atoms with Crippen molar-refractivity contribution >= 4 is 23.2 Å². The lowest BCUT2D eigenvalue weighted by molar-refractivity contribution is -0.117. The van der Waals surface area contributed by atoms with Crippen LogP contribution in [-0.2, 0) is 9.59 Å². The van der Waals surface area contributed by atoms with E-state index in [4.69, 9.17) is 0 Å². The van der Waals surface area contributed by atoms with Crippen molar-refractivity contribution in [1.82, 2.24) is 5.32 Å². The third-order valence-electron chi connectivity index (χ3n) is 6.33. The van der Waals surface area contributed by atoms with Gasteiger partial charge in [0.2, 0.25) is 11.8 Å². The van der Waals surface area contributed by atoms with Crippen LogP contribution in [0.1, 0.15) is 64.5 Å². The van der Waals surface area contributed by atoms with E-state index >= 15 is 0 Å². The molecule has 5 nitrogen and oxygen atoms in total. The maximum Gasteiger partial charge on any atom is 0.224 e. The average molecular weight is 406 g/mol. The molecule has 1 heterocycles. The highest BCUT2D eigenvalue weighted by atomic mass is 16.2. The summed E-state index contributed by atoms with van der Waals surface area (Å²) in [5.41, 5.74) is 5.14. The van der Waals surface area contributed by atoms with Gasteiger partial charge >= 0.3 is 0 Å².